The van der Waals surface area contributed by atoms with Gasteiger partial charge in [0.25, 0.3) is 0 Å². The Bertz CT molecular complexity index is 951. The molecule has 3 aromatic rings. The Kier molecular flexibility index (Phi) is 5.19. The van der Waals surface area contributed by atoms with Crippen LogP contribution in [-0.2, 0) is 17.9 Å². The molecule has 0 bridgehead atoms. The molecule has 0 fully saturated rings. The van der Waals surface area contributed by atoms with E-state index < -0.39 is 10.8 Å². The monoisotopic (exact) mass is 394 g/mol. The predicted octanol–water partition coefficient (Wildman–Crippen LogP) is 2.98. The fourth-order valence-electron chi connectivity index (χ4n) is 2.19. The van der Waals surface area contributed by atoms with Crippen molar-refractivity contribution < 1.29 is 9.72 Å². The highest BCUT2D eigenvalue weighted by Crippen LogP contribution is 2.20. The minimum absolute atomic E-state index is 0.192. The van der Waals surface area contributed by atoms with Crippen LogP contribution in [0.1, 0.15) is 5.56 Å². The van der Waals surface area contributed by atoms with Crippen LogP contribution in [0.25, 0.3) is 0 Å². The molecule has 0 spiro atoms. The lowest BCUT2D eigenvalue weighted by Crippen LogP contribution is -2.19. The average molecular weight is 395 g/mol. The molecule has 1 N–H and O–H groups in total. The standard InChI is InChI=1S/C15H12Cl2N6O3/c16-11-3-1-10(2-4-11)6-22-8-13(17)15(20-22)19-14(24)9-21-7-12(5-18-21)23(25)26/h1-5,7-8H,6,9H2,(H,19,20,24). The van der Waals surface area contributed by atoms with Crippen molar-refractivity contribution in [2.45, 2.75) is 13.1 Å². The van der Waals surface area contributed by atoms with Crippen LogP contribution < -0.4 is 5.32 Å². The predicted molar refractivity (Wildman–Crippen MR) is 95.3 cm³/mol. The van der Waals surface area contributed by atoms with Crippen molar-refractivity contribution >= 4 is 40.6 Å². The SMILES string of the molecule is O=C(Cn1cc([N+](=O)[O-])cn1)Nc1nn(Cc2ccc(Cl)cc2)cc1Cl. The van der Waals surface area contributed by atoms with Gasteiger partial charge in [-0.15, -0.1) is 0 Å². The lowest BCUT2D eigenvalue weighted by atomic mass is 10.2. The van der Waals surface area contributed by atoms with Gasteiger partial charge < -0.3 is 5.32 Å². The van der Waals surface area contributed by atoms with Crippen LogP contribution in [0.3, 0.4) is 0 Å². The van der Waals surface area contributed by atoms with Gasteiger partial charge in [0.05, 0.1) is 11.5 Å². The molecule has 0 aliphatic heterocycles. The van der Waals surface area contributed by atoms with Crippen molar-refractivity contribution in [2.24, 2.45) is 0 Å². The molecule has 2 aromatic heterocycles. The van der Waals surface area contributed by atoms with Crippen molar-refractivity contribution in [2.75, 3.05) is 5.32 Å². The number of anilines is 1. The molecule has 0 aliphatic rings. The van der Waals surface area contributed by atoms with Crippen LogP contribution in [0.4, 0.5) is 11.5 Å². The number of hydrogen-bond donors (Lipinski definition) is 1. The summed E-state index contributed by atoms with van der Waals surface area (Å²) in [5.41, 5.74) is 0.776. The molecule has 0 atom stereocenters. The molecule has 1 amide bonds. The first-order valence-electron chi connectivity index (χ1n) is 7.35. The zero-order valence-corrected chi connectivity index (χ0v) is 14.7. The van der Waals surface area contributed by atoms with Crippen molar-refractivity contribution in [3.05, 3.63) is 68.6 Å². The van der Waals surface area contributed by atoms with Gasteiger partial charge in [0.15, 0.2) is 5.82 Å². The molecule has 0 saturated heterocycles. The molecule has 1 aromatic carbocycles. The van der Waals surface area contributed by atoms with Crippen molar-refractivity contribution in [3.63, 3.8) is 0 Å². The van der Waals surface area contributed by atoms with Gasteiger partial charge in [-0.25, -0.2) is 0 Å². The Labute approximate surface area is 157 Å². The van der Waals surface area contributed by atoms with Crippen LogP contribution in [0.2, 0.25) is 10.0 Å². The Morgan fingerprint density at radius 2 is 1.92 bits per heavy atom. The number of rotatable bonds is 6. The van der Waals surface area contributed by atoms with E-state index in [2.05, 4.69) is 15.5 Å². The minimum atomic E-state index is -0.587. The molecule has 26 heavy (non-hydrogen) atoms. The van der Waals surface area contributed by atoms with Crippen LogP contribution in [-0.4, -0.2) is 30.4 Å². The fraction of sp³-hybridized carbons (Fsp3) is 0.133. The Balaban J connectivity index is 1.63. The third-order valence-corrected chi connectivity index (χ3v) is 3.90. The van der Waals surface area contributed by atoms with E-state index in [4.69, 9.17) is 23.2 Å². The van der Waals surface area contributed by atoms with Gasteiger partial charge in [-0.05, 0) is 17.7 Å². The third-order valence-electron chi connectivity index (χ3n) is 3.37. The number of hydrogen-bond acceptors (Lipinski definition) is 5. The number of amides is 1. The van der Waals surface area contributed by atoms with E-state index in [1.807, 2.05) is 12.1 Å². The number of halogens is 2. The maximum absolute atomic E-state index is 12.1. The first-order chi connectivity index (χ1) is 12.4. The normalized spacial score (nSPS) is 10.7. The molecule has 3 rings (SSSR count). The van der Waals surface area contributed by atoms with Crippen molar-refractivity contribution in [1.82, 2.24) is 19.6 Å². The molecule has 0 radical (unpaired) electrons. The molecule has 0 aliphatic carbocycles. The zero-order chi connectivity index (χ0) is 18.7. The van der Waals surface area contributed by atoms with Gasteiger partial charge >= 0.3 is 5.69 Å². The number of aromatic nitrogens is 4. The van der Waals surface area contributed by atoms with Gasteiger partial charge in [-0.2, -0.15) is 10.2 Å². The Morgan fingerprint density at radius 3 is 2.58 bits per heavy atom. The highest BCUT2D eigenvalue weighted by molar-refractivity contribution is 6.33. The summed E-state index contributed by atoms with van der Waals surface area (Å²) in [6.45, 7) is 0.256. The summed E-state index contributed by atoms with van der Waals surface area (Å²) in [6, 6.07) is 7.27. The molecule has 2 heterocycles. The van der Waals surface area contributed by atoms with Crippen LogP contribution in [0, 0.1) is 10.1 Å². The second-order valence-electron chi connectivity index (χ2n) is 5.35. The maximum Gasteiger partial charge on any atom is 0.307 e. The minimum Gasteiger partial charge on any atom is -0.306 e. The third kappa shape index (κ3) is 4.38. The summed E-state index contributed by atoms with van der Waals surface area (Å²) in [5, 5.41) is 22.1. The molecule has 9 nitrogen and oxygen atoms in total. The van der Waals surface area contributed by atoms with Gasteiger partial charge in [0, 0.05) is 11.2 Å². The first-order valence-corrected chi connectivity index (χ1v) is 8.10. The average Bonchev–Trinajstić information content (AvgIpc) is 3.17. The number of carbonyl (C=O) groups is 1. The molecule has 0 saturated carbocycles. The van der Waals surface area contributed by atoms with Gasteiger partial charge in [-0.3, -0.25) is 24.3 Å². The second-order valence-corrected chi connectivity index (χ2v) is 6.19. The lowest BCUT2D eigenvalue weighted by molar-refractivity contribution is -0.385. The first kappa shape index (κ1) is 17.9. The summed E-state index contributed by atoms with van der Waals surface area (Å²) in [6.07, 6.45) is 3.83. The molecule has 134 valence electrons. The van der Waals surface area contributed by atoms with Crippen LogP contribution in [0.5, 0.6) is 0 Å². The molecule has 0 unspecified atom stereocenters. The van der Waals surface area contributed by atoms with E-state index in [1.165, 1.54) is 6.20 Å². The largest absolute Gasteiger partial charge is 0.307 e. The fourth-order valence-corrected chi connectivity index (χ4v) is 2.52. The number of carbonyl (C=O) groups excluding carboxylic acids is 1. The number of nitrogens with zero attached hydrogens (tertiary/aromatic N) is 5. The van der Waals surface area contributed by atoms with E-state index in [0.717, 1.165) is 16.4 Å². The summed E-state index contributed by atoms with van der Waals surface area (Å²) in [4.78, 5) is 22.1. The summed E-state index contributed by atoms with van der Waals surface area (Å²) < 4.78 is 2.74. The second kappa shape index (κ2) is 7.54. The lowest BCUT2D eigenvalue weighted by Gasteiger charge is -2.03. The van der Waals surface area contributed by atoms with E-state index in [9.17, 15) is 14.9 Å². The smallest absolute Gasteiger partial charge is 0.306 e. The topological polar surface area (TPSA) is 108 Å². The van der Waals surface area contributed by atoms with Gasteiger partial charge in [0.1, 0.15) is 24.0 Å². The van der Waals surface area contributed by atoms with Crippen molar-refractivity contribution in [3.8, 4) is 0 Å². The molecule has 11 heteroatoms. The summed E-state index contributed by atoms with van der Waals surface area (Å²) in [5.74, 6) is -0.256. The van der Waals surface area contributed by atoms with Crippen LogP contribution in [0.15, 0.2) is 42.9 Å². The van der Waals surface area contributed by atoms with E-state index in [1.54, 1.807) is 23.0 Å². The Hall–Kier alpha value is -2.91. The van der Waals surface area contributed by atoms with Crippen molar-refractivity contribution in [1.29, 1.82) is 0 Å². The van der Waals surface area contributed by atoms with E-state index in [-0.39, 0.29) is 23.1 Å². The van der Waals surface area contributed by atoms with E-state index >= 15 is 0 Å². The van der Waals surface area contributed by atoms with Gasteiger partial charge in [-0.1, -0.05) is 35.3 Å². The quantitative estimate of drug-likeness (QED) is 0.510. The van der Waals surface area contributed by atoms with Crippen LogP contribution >= 0.6 is 23.2 Å². The number of nitro groups is 1. The summed E-state index contributed by atoms with van der Waals surface area (Å²) in [7, 11) is 0. The zero-order valence-electron chi connectivity index (χ0n) is 13.2. The number of nitrogens with one attached hydrogen (secondary N) is 1. The van der Waals surface area contributed by atoms with Gasteiger partial charge in [0.2, 0.25) is 5.91 Å². The Morgan fingerprint density at radius 1 is 1.19 bits per heavy atom. The summed E-state index contributed by atoms with van der Waals surface area (Å²) >= 11 is 11.9. The van der Waals surface area contributed by atoms with E-state index in [0.29, 0.717) is 11.6 Å². The highest BCUT2D eigenvalue weighted by atomic mass is 35.5. The molecular formula is C15H12Cl2N6O3. The molecular weight excluding hydrogens is 383 g/mol. The number of benzene rings is 1. The maximum atomic E-state index is 12.1. The highest BCUT2D eigenvalue weighted by Gasteiger charge is 2.14.